The third-order valence-electron chi connectivity index (χ3n) is 2.36. The van der Waals surface area contributed by atoms with Gasteiger partial charge in [0.2, 0.25) is 0 Å². The van der Waals surface area contributed by atoms with Gasteiger partial charge in [-0.3, -0.25) is 14.5 Å². The maximum absolute atomic E-state index is 13.3. The van der Waals surface area contributed by atoms with Crippen molar-refractivity contribution in [3.8, 4) is 0 Å². The molecule has 0 aliphatic heterocycles. The average molecular weight is 255 g/mol. The van der Waals surface area contributed by atoms with Gasteiger partial charge >= 0.3 is 11.9 Å². The smallest absolute Gasteiger partial charge is 0.317 e. The largest absolute Gasteiger partial charge is 0.480 e. The predicted molar refractivity (Wildman–Crippen MR) is 61.7 cm³/mol. The first-order chi connectivity index (χ1) is 8.38. The van der Waals surface area contributed by atoms with Crippen molar-refractivity contribution in [2.75, 3.05) is 13.1 Å². The van der Waals surface area contributed by atoms with Gasteiger partial charge in [0.15, 0.2) is 0 Å². The Bertz CT molecular complexity index is 445. The molecule has 0 saturated heterocycles. The van der Waals surface area contributed by atoms with Crippen LogP contribution in [0.4, 0.5) is 4.39 Å². The third kappa shape index (κ3) is 4.50. The predicted octanol–water partition coefficient (Wildman–Crippen LogP) is 1.11. The number of nitrogens with zero attached hydrogens (tertiary/aromatic N) is 1. The van der Waals surface area contributed by atoms with E-state index in [4.69, 9.17) is 10.2 Å². The van der Waals surface area contributed by atoms with E-state index in [-0.39, 0.29) is 6.54 Å². The van der Waals surface area contributed by atoms with Gasteiger partial charge in [-0.2, -0.15) is 0 Å². The van der Waals surface area contributed by atoms with Crippen molar-refractivity contribution in [2.45, 2.75) is 13.5 Å². The zero-order valence-corrected chi connectivity index (χ0v) is 9.89. The highest BCUT2D eigenvalue weighted by atomic mass is 19.1. The van der Waals surface area contributed by atoms with E-state index in [2.05, 4.69) is 0 Å². The number of rotatable bonds is 6. The number of halogens is 1. The molecule has 98 valence electrons. The number of aryl methyl sites for hydroxylation is 1. The van der Waals surface area contributed by atoms with Crippen molar-refractivity contribution in [3.05, 3.63) is 35.1 Å². The molecule has 5 nitrogen and oxygen atoms in total. The van der Waals surface area contributed by atoms with Gasteiger partial charge in [0.1, 0.15) is 5.82 Å². The first-order valence-electron chi connectivity index (χ1n) is 5.29. The Morgan fingerprint density at radius 3 is 2.22 bits per heavy atom. The van der Waals surface area contributed by atoms with E-state index in [0.717, 1.165) is 0 Å². The first-order valence-corrected chi connectivity index (χ1v) is 5.29. The summed E-state index contributed by atoms with van der Waals surface area (Å²) < 4.78 is 13.3. The van der Waals surface area contributed by atoms with E-state index in [1.807, 2.05) is 0 Å². The van der Waals surface area contributed by atoms with Crippen LogP contribution in [0.5, 0.6) is 0 Å². The Hall–Kier alpha value is -1.95. The quantitative estimate of drug-likeness (QED) is 0.796. The highest BCUT2D eigenvalue weighted by Crippen LogP contribution is 2.11. The Morgan fingerprint density at radius 2 is 1.78 bits per heavy atom. The first kappa shape index (κ1) is 14.1. The molecule has 18 heavy (non-hydrogen) atoms. The van der Waals surface area contributed by atoms with Gasteiger partial charge in [-0.15, -0.1) is 0 Å². The SMILES string of the molecule is Cc1ccc(CN(CC(=O)O)CC(=O)O)cc1F. The molecule has 1 aromatic rings. The van der Waals surface area contributed by atoms with Gasteiger partial charge in [0.05, 0.1) is 13.1 Å². The molecule has 0 aliphatic rings. The van der Waals surface area contributed by atoms with Crippen LogP contribution in [0.1, 0.15) is 11.1 Å². The number of aliphatic carboxylic acids is 2. The molecule has 0 amide bonds. The lowest BCUT2D eigenvalue weighted by molar-refractivity contribution is -0.142. The van der Waals surface area contributed by atoms with Gasteiger partial charge in [0.25, 0.3) is 0 Å². The summed E-state index contributed by atoms with van der Waals surface area (Å²) >= 11 is 0. The van der Waals surface area contributed by atoms with Gasteiger partial charge in [-0.05, 0) is 24.1 Å². The molecule has 0 saturated carbocycles. The maximum Gasteiger partial charge on any atom is 0.317 e. The topological polar surface area (TPSA) is 77.8 Å². The Balaban J connectivity index is 2.77. The van der Waals surface area contributed by atoms with Crippen LogP contribution in [-0.4, -0.2) is 40.1 Å². The van der Waals surface area contributed by atoms with Gasteiger partial charge in [-0.1, -0.05) is 12.1 Å². The van der Waals surface area contributed by atoms with Crippen molar-refractivity contribution in [1.29, 1.82) is 0 Å². The lowest BCUT2D eigenvalue weighted by atomic mass is 10.1. The van der Waals surface area contributed by atoms with Crippen LogP contribution in [0.25, 0.3) is 0 Å². The molecule has 2 N–H and O–H groups in total. The summed E-state index contributed by atoms with van der Waals surface area (Å²) in [5.41, 5.74) is 1.03. The molecule has 0 unspecified atom stereocenters. The molecule has 1 aromatic carbocycles. The fourth-order valence-electron chi connectivity index (χ4n) is 1.54. The van der Waals surface area contributed by atoms with E-state index in [0.29, 0.717) is 11.1 Å². The minimum Gasteiger partial charge on any atom is -0.480 e. The number of carbonyl (C=O) groups is 2. The molecule has 0 aromatic heterocycles. The summed E-state index contributed by atoms with van der Waals surface area (Å²) in [5.74, 6) is -2.63. The molecule has 0 spiro atoms. The normalized spacial score (nSPS) is 10.6. The number of carboxylic acids is 2. The molecule has 0 aliphatic carbocycles. The van der Waals surface area contributed by atoms with E-state index >= 15 is 0 Å². The summed E-state index contributed by atoms with van der Waals surface area (Å²) in [7, 11) is 0. The second-order valence-electron chi connectivity index (χ2n) is 4.02. The van der Waals surface area contributed by atoms with E-state index in [1.54, 1.807) is 19.1 Å². The van der Waals surface area contributed by atoms with Crippen molar-refractivity contribution >= 4 is 11.9 Å². The Labute approximate surface area is 103 Å². The van der Waals surface area contributed by atoms with E-state index in [1.165, 1.54) is 11.0 Å². The zero-order valence-electron chi connectivity index (χ0n) is 9.89. The molecule has 0 radical (unpaired) electrons. The number of carboxylic acid groups (broad SMARTS) is 2. The number of hydrogen-bond acceptors (Lipinski definition) is 3. The number of hydrogen-bond donors (Lipinski definition) is 2. The molecular weight excluding hydrogens is 241 g/mol. The Kier molecular flexibility index (Phi) is 4.79. The number of benzene rings is 1. The van der Waals surface area contributed by atoms with Crippen LogP contribution in [0.3, 0.4) is 0 Å². The van der Waals surface area contributed by atoms with Gasteiger partial charge in [-0.25, -0.2) is 4.39 Å². The second-order valence-corrected chi connectivity index (χ2v) is 4.02. The summed E-state index contributed by atoms with van der Waals surface area (Å²) in [6, 6.07) is 4.51. The van der Waals surface area contributed by atoms with Crippen LogP contribution in [0, 0.1) is 12.7 Å². The molecule has 0 heterocycles. The fourth-order valence-corrected chi connectivity index (χ4v) is 1.54. The summed E-state index contributed by atoms with van der Waals surface area (Å²) in [6.45, 7) is 0.894. The maximum atomic E-state index is 13.3. The third-order valence-corrected chi connectivity index (χ3v) is 2.36. The van der Waals surface area contributed by atoms with Crippen molar-refractivity contribution in [3.63, 3.8) is 0 Å². The highest BCUT2D eigenvalue weighted by Gasteiger charge is 2.14. The van der Waals surface area contributed by atoms with Crippen LogP contribution in [0.15, 0.2) is 18.2 Å². The Morgan fingerprint density at radius 1 is 1.22 bits per heavy atom. The molecule has 1 rings (SSSR count). The summed E-state index contributed by atoms with van der Waals surface area (Å²) in [4.78, 5) is 22.4. The van der Waals surface area contributed by atoms with Crippen LogP contribution in [0.2, 0.25) is 0 Å². The average Bonchev–Trinajstić information content (AvgIpc) is 2.21. The summed E-state index contributed by atoms with van der Waals surface area (Å²) in [5, 5.41) is 17.3. The molecule has 0 bridgehead atoms. The van der Waals surface area contributed by atoms with Crippen LogP contribution in [-0.2, 0) is 16.1 Å². The monoisotopic (exact) mass is 255 g/mol. The van der Waals surface area contributed by atoms with Crippen molar-refractivity contribution in [2.24, 2.45) is 0 Å². The van der Waals surface area contributed by atoms with Crippen LogP contribution >= 0.6 is 0 Å². The molecular formula is C12H14FNO4. The van der Waals surface area contributed by atoms with E-state index in [9.17, 15) is 14.0 Å². The lowest BCUT2D eigenvalue weighted by Crippen LogP contribution is -2.34. The molecule has 0 fully saturated rings. The molecule has 0 atom stereocenters. The fraction of sp³-hybridized carbons (Fsp3) is 0.333. The lowest BCUT2D eigenvalue weighted by Gasteiger charge is -2.18. The standard InChI is InChI=1S/C12H14FNO4/c1-8-2-3-9(4-10(8)13)5-14(6-11(15)16)7-12(17)18/h2-4H,5-7H2,1H3,(H,15,16)(H,17,18). The minimum absolute atomic E-state index is 0.0792. The summed E-state index contributed by atoms with van der Waals surface area (Å²) in [6.07, 6.45) is 0. The van der Waals surface area contributed by atoms with Gasteiger partial charge < -0.3 is 10.2 Å². The highest BCUT2D eigenvalue weighted by molar-refractivity contribution is 5.72. The van der Waals surface area contributed by atoms with Gasteiger partial charge in [0, 0.05) is 6.54 Å². The van der Waals surface area contributed by atoms with E-state index < -0.39 is 30.8 Å². The van der Waals surface area contributed by atoms with Crippen molar-refractivity contribution in [1.82, 2.24) is 4.90 Å². The minimum atomic E-state index is -1.12. The molecule has 6 heteroatoms. The van der Waals surface area contributed by atoms with Crippen molar-refractivity contribution < 1.29 is 24.2 Å². The zero-order chi connectivity index (χ0) is 13.7. The van der Waals surface area contributed by atoms with Crippen LogP contribution < -0.4 is 0 Å². The second kappa shape index (κ2) is 6.11.